The quantitative estimate of drug-likeness (QED) is 0.341. The van der Waals surface area contributed by atoms with Crippen molar-refractivity contribution in [3.63, 3.8) is 0 Å². The number of nitrogens with two attached hydrogens (primary N) is 1. The largest absolute Gasteiger partial charge is 0.393 e. The molecular formula is C21H26N4O5S3. The molecule has 12 heteroatoms. The Kier molecular flexibility index (Phi) is 7.82. The number of thioether (sulfide) groups is 1. The van der Waals surface area contributed by atoms with E-state index < -0.39 is 22.3 Å². The molecule has 0 saturated heterocycles. The molecule has 2 aromatic rings. The molecule has 3 heterocycles. The number of rotatable bonds is 9. The van der Waals surface area contributed by atoms with Crippen LogP contribution in [0.5, 0.6) is 0 Å². The van der Waals surface area contributed by atoms with E-state index in [0.29, 0.717) is 29.1 Å². The molecule has 0 spiro atoms. The number of carbonyl (C=O) groups excluding carboxylic acids is 1. The van der Waals surface area contributed by atoms with E-state index in [2.05, 4.69) is 25.5 Å². The maximum atomic E-state index is 13.2. The molecule has 9 nitrogen and oxygen atoms in total. The molecule has 1 fully saturated rings. The molecular weight excluding hydrogens is 484 g/mol. The second-order valence-corrected chi connectivity index (χ2v) is 11.5. The molecule has 1 saturated carbocycles. The highest BCUT2D eigenvalue weighted by Gasteiger charge is 2.34. The SMILES string of the molecule is NS(=O)(=O)OC[C@H]1C[C@@H](Nc2ncncc2C(=O)c2cc(CC3=CCSCC3)cs2)C[C@@H]1O. The zero-order chi connectivity index (χ0) is 23.4. The smallest absolute Gasteiger partial charge is 0.333 e. The maximum absolute atomic E-state index is 13.2. The lowest BCUT2D eigenvalue weighted by Crippen LogP contribution is -2.24. The van der Waals surface area contributed by atoms with Crippen LogP contribution >= 0.6 is 23.1 Å². The predicted octanol–water partition coefficient (Wildman–Crippen LogP) is 2.15. The third kappa shape index (κ3) is 6.61. The summed E-state index contributed by atoms with van der Waals surface area (Å²) < 4.78 is 26.7. The first-order chi connectivity index (χ1) is 15.8. The van der Waals surface area contributed by atoms with Gasteiger partial charge < -0.3 is 10.4 Å². The van der Waals surface area contributed by atoms with Crippen molar-refractivity contribution in [1.82, 2.24) is 9.97 Å². The van der Waals surface area contributed by atoms with Gasteiger partial charge in [0.15, 0.2) is 0 Å². The van der Waals surface area contributed by atoms with Crippen molar-refractivity contribution >= 4 is 45.0 Å². The van der Waals surface area contributed by atoms with Gasteiger partial charge in [0.1, 0.15) is 12.1 Å². The zero-order valence-electron chi connectivity index (χ0n) is 17.8. The van der Waals surface area contributed by atoms with E-state index in [4.69, 9.17) is 5.14 Å². The van der Waals surface area contributed by atoms with Gasteiger partial charge in [0.2, 0.25) is 5.78 Å². The highest BCUT2D eigenvalue weighted by Crippen LogP contribution is 2.31. The molecule has 1 aliphatic carbocycles. The normalized spacial score (nSPS) is 23.3. The molecule has 1 aliphatic heterocycles. The van der Waals surface area contributed by atoms with Crippen LogP contribution in [-0.4, -0.2) is 59.5 Å². The van der Waals surface area contributed by atoms with Gasteiger partial charge in [0.05, 0.1) is 23.2 Å². The van der Waals surface area contributed by atoms with Crippen LogP contribution in [0.1, 0.15) is 40.1 Å². The van der Waals surface area contributed by atoms with E-state index >= 15 is 0 Å². The van der Waals surface area contributed by atoms with Gasteiger partial charge in [-0.3, -0.25) is 8.98 Å². The molecule has 33 heavy (non-hydrogen) atoms. The average Bonchev–Trinajstić information content (AvgIpc) is 3.38. The fraction of sp³-hybridized carbons (Fsp3) is 0.476. The van der Waals surface area contributed by atoms with Crippen molar-refractivity contribution in [3.8, 4) is 0 Å². The Morgan fingerprint density at radius 3 is 2.97 bits per heavy atom. The summed E-state index contributed by atoms with van der Waals surface area (Å²) in [6, 6.07) is 1.73. The molecule has 0 unspecified atom stereocenters. The molecule has 0 amide bonds. The second-order valence-electron chi connectivity index (χ2n) is 8.21. The van der Waals surface area contributed by atoms with Gasteiger partial charge >= 0.3 is 10.3 Å². The van der Waals surface area contributed by atoms with Gasteiger partial charge in [-0.15, -0.1) is 11.3 Å². The van der Waals surface area contributed by atoms with Gasteiger partial charge in [-0.2, -0.15) is 20.2 Å². The van der Waals surface area contributed by atoms with Crippen LogP contribution in [0.3, 0.4) is 0 Å². The summed E-state index contributed by atoms with van der Waals surface area (Å²) >= 11 is 3.34. The molecule has 2 aromatic heterocycles. The average molecular weight is 511 g/mol. The number of nitrogens with one attached hydrogen (secondary N) is 1. The van der Waals surface area contributed by atoms with Crippen molar-refractivity contribution in [2.45, 2.75) is 37.8 Å². The number of nitrogens with zero attached hydrogens (tertiary/aromatic N) is 2. The van der Waals surface area contributed by atoms with Crippen LogP contribution in [-0.2, 0) is 20.9 Å². The first-order valence-corrected chi connectivity index (χ1v) is 14.1. The summed E-state index contributed by atoms with van der Waals surface area (Å²) in [7, 11) is -4.07. The second kappa shape index (κ2) is 10.6. The Bertz CT molecular complexity index is 1130. The summed E-state index contributed by atoms with van der Waals surface area (Å²) in [6.07, 6.45) is 7.14. The monoisotopic (exact) mass is 510 g/mol. The van der Waals surface area contributed by atoms with Crippen LogP contribution in [0, 0.1) is 5.92 Å². The van der Waals surface area contributed by atoms with Crippen LogP contribution in [0.2, 0.25) is 0 Å². The van der Waals surface area contributed by atoms with Gasteiger partial charge in [-0.05, 0) is 48.4 Å². The number of anilines is 1. The lowest BCUT2D eigenvalue weighted by Gasteiger charge is -2.15. The van der Waals surface area contributed by atoms with E-state index in [1.165, 1.54) is 29.4 Å². The highest BCUT2D eigenvalue weighted by atomic mass is 32.2. The van der Waals surface area contributed by atoms with Crippen molar-refractivity contribution in [2.24, 2.45) is 11.1 Å². The van der Waals surface area contributed by atoms with Crippen LogP contribution < -0.4 is 10.5 Å². The Balaban J connectivity index is 1.42. The lowest BCUT2D eigenvalue weighted by molar-refractivity contribution is 0.101. The number of hydrogen-bond donors (Lipinski definition) is 3. The molecule has 2 aliphatic rings. The number of hydrogen-bond acceptors (Lipinski definition) is 10. The summed E-state index contributed by atoms with van der Waals surface area (Å²) in [6.45, 7) is -0.194. The fourth-order valence-corrected chi connectivity index (χ4v) is 6.25. The molecule has 4 rings (SSSR count). The van der Waals surface area contributed by atoms with Crippen molar-refractivity contribution in [1.29, 1.82) is 0 Å². The first kappa shape index (κ1) is 24.3. The number of ketones is 1. The molecule has 3 atom stereocenters. The van der Waals surface area contributed by atoms with Crippen molar-refractivity contribution < 1.29 is 22.5 Å². The Labute approximate surface area is 201 Å². The summed E-state index contributed by atoms with van der Waals surface area (Å²) in [5.74, 6) is 2.03. The van der Waals surface area contributed by atoms with E-state index in [-0.39, 0.29) is 18.4 Å². The molecule has 0 radical (unpaired) electrons. The van der Waals surface area contributed by atoms with E-state index in [9.17, 15) is 18.3 Å². The topological polar surface area (TPSA) is 144 Å². The number of aliphatic hydroxyl groups is 1. The summed E-state index contributed by atoms with van der Waals surface area (Å²) in [5, 5.41) is 20.4. The third-order valence-corrected chi connectivity index (χ3v) is 8.11. The predicted molar refractivity (Wildman–Crippen MR) is 129 cm³/mol. The molecule has 0 aromatic carbocycles. The third-order valence-electron chi connectivity index (χ3n) is 5.77. The van der Waals surface area contributed by atoms with E-state index in [1.807, 2.05) is 23.2 Å². The molecule has 0 bridgehead atoms. The van der Waals surface area contributed by atoms with Gasteiger partial charge in [0.25, 0.3) is 0 Å². The van der Waals surface area contributed by atoms with Gasteiger partial charge in [-0.1, -0.05) is 11.6 Å². The minimum atomic E-state index is -4.07. The number of carbonyl (C=O) groups is 1. The minimum Gasteiger partial charge on any atom is -0.393 e. The van der Waals surface area contributed by atoms with E-state index in [0.717, 1.165) is 29.9 Å². The molecule has 178 valence electrons. The molecule has 4 N–H and O–H groups in total. The van der Waals surface area contributed by atoms with Crippen LogP contribution in [0.25, 0.3) is 0 Å². The van der Waals surface area contributed by atoms with Crippen molar-refractivity contribution in [3.05, 3.63) is 51.6 Å². The first-order valence-electron chi connectivity index (χ1n) is 10.6. The highest BCUT2D eigenvalue weighted by molar-refractivity contribution is 7.99. The van der Waals surface area contributed by atoms with Crippen LogP contribution in [0.4, 0.5) is 5.82 Å². The maximum Gasteiger partial charge on any atom is 0.333 e. The Hall–Kier alpha value is -1.83. The number of allylic oxidation sites excluding steroid dienone is 1. The lowest BCUT2D eigenvalue weighted by atomic mass is 10.0. The van der Waals surface area contributed by atoms with Gasteiger partial charge in [-0.25, -0.2) is 15.1 Å². The standard InChI is InChI=1S/C21H26N4O5S3/c22-33(28,29)30-10-15-7-16(8-18(15)26)25-21-17(9-23-12-24-21)20(27)19-6-14(11-32-19)5-13-1-3-31-4-2-13/h1,6,9,11-12,15-16,18,26H,2-5,7-8,10H2,(H2,22,28,29)(H,23,24,25)/t15-,16-,18+/m1/s1. The summed E-state index contributed by atoms with van der Waals surface area (Å²) in [4.78, 5) is 22.1. The number of aromatic nitrogens is 2. The number of aliphatic hydroxyl groups excluding tert-OH is 1. The Morgan fingerprint density at radius 1 is 1.36 bits per heavy atom. The van der Waals surface area contributed by atoms with Gasteiger partial charge in [0, 0.05) is 23.9 Å². The summed E-state index contributed by atoms with van der Waals surface area (Å²) in [5.41, 5.74) is 2.90. The zero-order valence-corrected chi connectivity index (χ0v) is 20.3. The van der Waals surface area contributed by atoms with Crippen molar-refractivity contribution in [2.75, 3.05) is 23.4 Å². The fourth-order valence-electron chi connectivity index (χ4n) is 4.09. The van der Waals surface area contributed by atoms with Crippen LogP contribution in [0.15, 0.2) is 35.6 Å². The minimum absolute atomic E-state index is 0.157. The Morgan fingerprint density at radius 2 is 2.21 bits per heavy atom. The number of thiophene rings is 1. The van der Waals surface area contributed by atoms with E-state index in [1.54, 1.807) is 0 Å².